The Labute approximate surface area is 128 Å². The molecule has 3 aromatic rings. The summed E-state index contributed by atoms with van der Waals surface area (Å²) in [5.41, 5.74) is 0. The standard InChI is InChI=1S/C16H17N3O3/c1-10(2)16-19-18-15(22-16)9-21-14-7-12-8-17-5-4-11(12)6-13(14)20-3/h4-8,10H,9H2,1-3H3. The summed E-state index contributed by atoms with van der Waals surface area (Å²) in [7, 11) is 1.61. The van der Waals surface area contributed by atoms with Gasteiger partial charge in [0.1, 0.15) is 0 Å². The molecule has 6 heteroatoms. The highest BCUT2D eigenvalue weighted by Gasteiger charge is 2.12. The molecule has 0 aliphatic carbocycles. The maximum atomic E-state index is 5.77. The molecule has 0 aliphatic rings. The van der Waals surface area contributed by atoms with E-state index in [1.807, 2.05) is 32.0 Å². The molecule has 2 aromatic heterocycles. The van der Waals surface area contributed by atoms with Crippen LogP contribution in [0.2, 0.25) is 0 Å². The fourth-order valence-corrected chi connectivity index (χ4v) is 2.06. The van der Waals surface area contributed by atoms with Crippen LogP contribution in [0.15, 0.2) is 35.0 Å². The highest BCUT2D eigenvalue weighted by Crippen LogP contribution is 2.32. The molecule has 0 atom stereocenters. The average Bonchev–Trinajstić information content (AvgIpc) is 3.01. The van der Waals surface area contributed by atoms with Crippen LogP contribution >= 0.6 is 0 Å². The molecule has 22 heavy (non-hydrogen) atoms. The summed E-state index contributed by atoms with van der Waals surface area (Å²) < 4.78 is 16.7. The number of nitrogens with zero attached hydrogens (tertiary/aromatic N) is 3. The first-order valence-electron chi connectivity index (χ1n) is 7.04. The molecule has 0 bridgehead atoms. The molecule has 0 saturated carbocycles. The van der Waals surface area contributed by atoms with Gasteiger partial charge in [-0.2, -0.15) is 0 Å². The maximum Gasteiger partial charge on any atom is 0.253 e. The van der Waals surface area contributed by atoms with Crippen molar-refractivity contribution in [2.45, 2.75) is 26.4 Å². The Morgan fingerprint density at radius 2 is 1.95 bits per heavy atom. The smallest absolute Gasteiger partial charge is 0.253 e. The number of aromatic nitrogens is 3. The number of pyridine rings is 1. The van der Waals surface area contributed by atoms with Gasteiger partial charge >= 0.3 is 0 Å². The Morgan fingerprint density at radius 1 is 1.14 bits per heavy atom. The van der Waals surface area contributed by atoms with Gasteiger partial charge in [-0.25, -0.2) is 0 Å². The topological polar surface area (TPSA) is 70.3 Å². The summed E-state index contributed by atoms with van der Waals surface area (Å²) in [6.07, 6.45) is 3.53. The number of fused-ring (bicyclic) bond motifs is 1. The van der Waals surface area contributed by atoms with E-state index in [1.165, 1.54) is 0 Å². The molecule has 0 aliphatic heterocycles. The van der Waals surface area contributed by atoms with E-state index in [0.29, 0.717) is 23.3 Å². The van der Waals surface area contributed by atoms with Crippen molar-refractivity contribution in [3.05, 3.63) is 42.4 Å². The SMILES string of the molecule is COc1cc2ccncc2cc1OCc1nnc(C(C)C)o1. The van der Waals surface area contributed by atoms with Crippen LogP contribution in [-0.4, -0.2) is 22.3 Å². The van der Waals surface area contributed by atoms with Crippen molar-refractivity contribution in [2.24, 2.45) is 0 Å². The van der Waals surface area contributed by atoms with Crippen LogP contribution in [-0.2, 0) is 6.61 Å². The number of methoxy groups -OCH3 is 1. The quantitative estimate of drug-likeness (QED) is 0.719. The van der Waals surface area contributed by atoms with Crippen LogP contribution in [0.3, 0.4) is 0 Å². The van der Waals surface area contributed by atoms with E-state index in [4.69, 9.17) is 13.9 Å². The van der Waals surface area contributed by atoms with Crippen LogP contribution in [0.5, 0.6) is 11.5 Å². The van der Waals surface area contributed by atoms with Crippen LogP contribution in [0.4, 0.5) is 0 Å². The Morgan fingerprint density at radius 3 is 2.68 bits per heavy atom. The van der Waals surface area contributed by atoms with Gasteiger partial charge in [0.25, 0.3) is 5.89 Å². The van der Waals surface area contributed by atoms with Crippen molar-refractivity contribution in [1.82, 2.24) is 15.2 Å². The van der Waals surface area contributed by atoms with Gasteiger partial charge in [0, 0.05) is 23.7 Å². The molecule has 2 heterocycles. The van der Waals surface area contributed by atoms with Gasteiger partial charge in [0.15, 0.2) is 18.1 Å². The van der Waals surface area contributed by atoms with Gasteiger partial charge in [0.2, 0.25) is 5.89 Å². The molecule has 1 aromatic carbocycles. The summed E-state index contributed by atoms with van der Waals surface area (Å²) in [5, 5.41) is 9.98. The Hall–Kier alpha value is -2.63. The highest BCUT2D eigenvalue weighted by molar-refractivity contribution is 5.85. The first kappa shape index (κ1) is 14.3. The molecule has 0 spiro atoms. The van der Waals surface area contributed by atoms with E-state index in [1.54, 1.807) is 19.5 Å². The minimum atomic E-state index is 0.196. The third-order valence-corrected chi connectivity index (χ3v) is 3.25. The van der Waals surface area contributed by atoms with Crippen molar-refractivity contribution < 1.29 is 13.9 Å². The molecular weight excluding hydrogens is 282 g/mol. The first-order valence-corrected chi connectivity index (χ1v) is 7.04. The van der Waals surface area contributed by atoms with Gasteiger partial charge in [-0.05, 0) is 23.6 Å². The third kappa shape index (κ3) is 2.86. The van der Waals surface area contributed by atoms with Gasteiger partial charge in [-0.3, -0.25) is 4.98 Å². The molecular formula is C16H17N3O3. The van der Waals surface area contributed by atoms with Gasteiger partial charge in [-0.1, -0.05) is 13.8 Å². The zero-order valence-corrected chi connectivity index (χ0v) is 12.7. The van der Waals surface area contributed by atoms with Gasteiger partial charge in [-0.15, -0.1) is 10.2 Å². The van der Waals surface area contributed by atoms with E-state index < -0.39 is 0 Å². The molecule has 0 radical (unpaired) electrons. The molecule has 0 unspecified atom stereocenters. The molecule has 114 valence electrons. The van der Waals surface area contributed by atoms with Crippen molar-refractivity contribution in [1.29, 1.82) is 0 Å². The summed E-state index contributed by atoms with van der Waals surface area (Å²) in [5.74, 6) is 2.52. The number of rotatable bonds is 5. The Balaban J connectivity index is 1.82. The lowest BCUT2D eigenvalue weighted by atomic mass is 10.1. The lowest BCUT2D eigenvalue weighted by Gasteiger charge is -2.10. The van der Waals surface area contributed by atoms with E-state index in [2.05, 4.69) is 15.2 Å². The number of benzene rings is 1. The third-order valence-electron chi connectivity index (χ3n) is 3.25. The fraction of sp³-hybridized carbons (Fsp3) is 0.312. The first-order chi connectivity index (χ1) is 10.7. The number of hydrogen-bond acceptors (Lipinski definition) is 6. The largest absolute Gasteiger partial charge is 0.493 e. The number of ether oxygens (including phenoxy) is 2. The van der Waals surface area contributed by atoms with Gasteiger partial charge < -0.3 is 13.9 Å². The minimum Gasteiger partial charge on any atom is -0.493 e. The zero-order chi connectivity index (χ0) is 15.5. The molecule has 0 saturated heterocycles. The molecule has 3 rings (SSSR count). The summed E-state index contributed by atoms with van der Waals surface area (Å²) in [6, 6.07) is 5.73. The molecule has 0 amide bonds. The van der Waals surface area contributed by atoms with Crippen LogP contribution in [0.25, 0.3) is 10.8 Å². The molecule has 0 fully saturated rings. The van der Waals surface area contributed by atoms with Crippen molar-refractivity contribution in [3.63, 3.8) is 0 Å². The lowest BCUT2D eigenvalue weighted by molar-refractivity contribution is 0.246. The van der Waals surface area contributed by atoms with Crippen LogP contribution in [0.1, 0.15) is 31.5 Å². The van der Waals surface area contributed by atoms with E-state index in [0.717, 1.165) is 10.8 Å². The summed E-state index contributed by atoms with van der Waals surface area (Å²) in [4.78, 5) is 4.11. The van der Waals surface area contributed by atoms with Crippen molar-refractivity contribution in [3.8, 4) is 11.5 Å². The second kappa shape index (κ2) is 6.01. The fourth-order valence-electron chi connectivity index (χ4n) is 2.06. The predicted octanol–water partition coefficient (Wildman–Crippen LogP) is 3.33. The second-order valence-corrected chi connectivity index (χ2v) is 5.20. The monoisotopic (exact) mass is 299 g/mol. The average molecular weight is 299 g/mol. The second-order valence-electron chi connectivity index (χ2n) is 5.20. The minimum absolute atomic E-state index is 0.196. The lowest BCUT2D eigenvalue weighted by Crippen LogP contribution is -1.98. The Kier molecular flexibility index (Phi) is 3.91. The Bertz CT molecular complexity index is 783. The summed E-state index contributed by atoms with van der Waals surface area (Å²) in [6.45, 7) is 4.19. The number of hydrogen-bond donors (Lipinski definition) is 0. The zero-order valence-electron chi connectivity index (χ0n) is 12.7. The summed E-state index contributed by atoms with van der Waals surface area (Å²) >= 11 is 0. The van der Waals surface area contributed by atoms with E-state index in [9.17, 15) is 0 Å². The van der Waals surface area contributed by atoms with E-state index >= 15 is 0 Å². The van der Waals surface area contributed by atoms with E-state index in [-0.39, 0.29) is 12.5 Å². The predicted molar refractivity (Wildman–Crippen MR) is 81.0 cm³/mol. The van der Waals surface area contributed by atoms with Crippen molar-refractivity contribution in [2.75, 3.05) is 7.11 Å². The molecule has 6 nitrogen and oxygen atoms in total. The van der Waals surface area contributed by atoms with Crippen LogP contribution < -0.4 is 9.47 Å². The molecule has 0 N–H and O–H groups in total. The normalized spacial score (nSPS) is 11.1. The van der Waals surface area contributed by atoms with Crippen molar-refractivity contribution >= 4 is 10.8 Å². The van der Waals surface area contributed by atoms with Gasteiger partial charge in [0.05, 0.1) is 7.11 Å². The maximum absolute atomic E-state index is 5.77. The van der Waals surface area contributed by atoms with Crippen LogP contribution in [0, 0.1) is 0 Å². The highest BCUT2D eigenvalue weighted by atomic mass is 16.5.